The number of halogens is 1. The molecule has 30 heavy (non-hydrogen) atoms. The minimum absolute atomic E-state index is 0.183. The van der Waals surface area contributed by atoms with Crippen LogP contribution in [0.5, 0.6) is 5.75 Å². The molecule has 3 rings (SSSR count). The number of aliphatic hydroxyl groups is 1. The summed E-state index contributed by atoms with van der Waals surface area (Å²) in [5.41, 5.74) is 3.05. The van der Waals surface area contributed by atoms with Crippen LogP contribution in [0.3, 0.4) is 0 Å². The lowest BCUT2D eigenvalue weighted by atomic mass is 10.1. The smallest absolute Gasteiger partial charge is 0.172 e. The molecule has 0 saturated heterocycles. The van der Waals surface area contributed by atoms with Crippen molar-refractivity contribution in [1.82, 2.24) is 9.55 Å². The van der Waals surface area contributed by atoms with Crippen LogP contribution in [0.1, 0.15) is 24.5 Å². The summed E-state index contributed by atoms with van der Waals surface area (Å²) >= 11 is 7.70. The van der Waals surface area contributed by atoms with Crippen molar-refractivity contribution >= 4 is 29.1 Å². The molecule has 0 aliphatic rings. The van der Waals surface area contributed by atoms with Crippen LogP contribution in [-0.2, 0) is 11.2 Å². The summed E-state index contributed by atoms with van der Waals surface area (Å²) in [6.45, 7) is 3.76. The number of aromatic nitrogens is 2. The molecule has 1 heterocycles. The average Bonchev–Trinajstić information content (AvgIpc) is 3.20. The number of benzene rings is 2. The summed E-state index contributed by atoms with van der Waals surface area (Å²) in [5.74, 6) is 1.33. The first kappa shape index (κ1) is 22.4. The molecule has 0 bridgehead atoms. The zero-order chi connectivity index (χ0) is 21.5. The van der Waals surface area contributed by atoms with E-state index in [2.05, 4.69) is 4.98 Å². The van der Waals surface area contributed by atoms with Gasteiger partial charge in [-0.2, -0.15) is 0 Å². The van der Waals surface area contributed by atoms with Gasteiger partial charge in [-0.15, -0.1) is 0 Å². The molecule has 0 fully saturated rings. The number of thioether (sulfide) groups is 1. The van der Waals surface area contributed by atoms with Crippen molar-refractivity contribution in [1.29, 1.82) is 0 Å². The van der Waals surface area contributed by atoms with Gasteiger partial charge in [-0.05, 0) is 55.7 Å². The Hall–Kier alpha value is -2.28. The standard InChI is InChI=1S/C23H25ClN2O3S/c1-16(27)6-7-18-8-10-20(11-9-18)29-14-19(28)15-30-23-25-12-13-26(23)22-5-3-4-21(24)17(22)2/h3-5,8-13,19,28H,6-7,14-15H2,1-2H3. The van der Waals surface area contributed by atoms with Crippen LogP contribution in [0.2, 0.25) is 5.02 Å². The number of hydrogen-bond acceptors (Lipinski definition) is 5. The number of carbonyl (C=O) groups excluding carboxylic acids is 1. The van der Waals surface area contributed by atoms with Gasteiger partial charge >= 0.3 is 0 Å². The SMILES string of the molecule is CC(=O)CCc1ccc(OCC(O)CSc2nccn2-c2cccc(Cl)c2C)cc1. The second-order valence-corrected chi connectivity index (χ2v) is 8.48. The van der Waals surface area contributed by atoms with E-state index in [4.69, 9.17) is 16.3 Å². The van der Waals surface area contributed by atoms with Gasteiger partial charge in [0, 0.05) is 29.6 Å². The van der Waals surface area contributed by atoms with Gasteiger partial charge in [-0.25, -0.2) is 4.98 Å². The van der Waals surface area contributed by atoms with Crippen LogP contribution in [0.4, 0.5) is 0 Å². The topological polar surface area (TPSA) is 64.3 Å². The van der Waals surface area contributed by atoms with Crippen LogP contribution >= 0.6 is 23.4 Å². The van der Waals surface area contributed by atoms with Gasteiger partial charge in [0.15, 0.2) is 5.16 Å². The Balaban J connectivity index is 1.51. The Kier molecular flexibility index (Phi) is 7.96. The van der Waals surface area contributed by atoms with E-state index in [-0.39, 0.29) is 12.4 Å². The highest BCUT2D eigenvalue weighted by Gasteiger charge is 2.13. The fraction of sp³-hybridized carbons (Fsp3) is 0.304. The number of ether oxygens (including phenoxy) is 1. The summed E-state index contributed by atoms with van der Waals surface area (Å²) in [6.07, 6.45) is 4.25. The summed E-state index contributed by atoms with van der Waals surface area (Å²) in [4.78, 5) is 15.5. The van der Waals surface area contributed by atoms with Crippen molar-refractivity contribution < 1.29 is 14.6 Å². The number of aryl methyl sites for hydroxylation is 1. The fourth-order valence-corrected chi connectivity index (χ4v) is 3.96. The zero-order valence-corrected chi connectivity index (χ0v) is 18.6. The molecular weight excluding hydrogens is 420 g/mol. The molecule has 1 atom stereocenters. The van der Waals surface area contributed by atoms with Crippen molar-refractivity contribution in [2.75, 3.05) is 12.4 Å². The first-order chi connectivity index (χ1) is 14.4. The van der Waals surface area contributed by atoms with Crippen molar-refractivity contribution in [3.8, 4) is 11.4 Å². The number of aliphatic hydroxyl groups excluding tert-OH is 1. The van der Waals surface area contributed by atoms with Crippen LogP contribution < -0.4 is 4.74 Å². The molecule has 0 saturated carbocycles. The second kappa shape index (κ2) is 10.7. The molecule has 158 valence electrons. The fourth-order valence-electron chi connectivity index (χ4n) is 2.92. The number of imidazole rings is 1. The predicted octanol–water partition coefficient (Wildman–Crippen LogP) is 4.89. The minimum atomic E-state index is -0.641. The van der Waals surface area contributed by atoms with Gasteiger partial charge in [0.1, 0.15) is 18.1 Å². The maximum Gasteiger partial charge on any atom is 0.172 e. The van der Waals surface area contributed by atoms with Crippen LogP contribution in [0.25, 0.3) is 5.69 Å². The van der Waals surface area contributed by atoms with Crippen molar-refractivity contribution in [3.05, 3.63) is 71.0 Å². The van der Waals surface area contributed by atoms with Gasteiger partial charge in [0.25, 0.3) is 0 Å². The molecule has 5 nitrogen and oxygen atoms in total. The zero-order valence-electron chi connectivity index (χ0n) is 17.0. The molecule has 2 aromatic carbocycles. The summed E-state index contributed by atoms with van der Waals surface area (Å²) in [7, 11) is 0. The highest BCUT2D eigenvalue weighted by Crippen LogP contribution is 2.27. The lowest BCUT2D eigenvalue weighted by Crippen LogP contribution is -2.20. The number of nitrogens with zero attached hydrogens (tertiary/aromatic N) is 2. The van der Waals surface area contributed by atoms with E-state index in [1.165, 1.54) is 11.8 Å². The molecule has 1 N–H and O–H groups in total. The molecule has 0 amide bonds. The highest BCUT2D eigenvalue weighted by atomic mass is 35.5. The number of ketones is 1. The van der Waals surface area contributed by atoms with Crippen molar-refractivity contribution in [2.24, 2.45) is 0 Å². The largest absolute Gasteiger partial charge is 0.491 e. The van der Waals surface area contributed by atoms with Gasteiger partial charge < -0.3 is 14.6 Å². The predicted molar refractivity (Wildman–Crippen MR) is 121 cm³/mol. The Morgan fingerprint density at radius 2 is 2.03 bits per heavy atom. The lowest BCUT2D eigenvalue weighted by molar-refractivity contribution is -0.116. The highest BCUT2D eigenvalue weighted by molar-refractivity contribution is 7.99. The van der Waals surface area contributed by atoms with E-state index in [1.54, 1.807) is 13.1 Å². The van der Waals surface area contributed by atoms with Crippen molar-refractivity contribution in [3.63, 3.8) is 0 Å². The summed E-state index contributed by atoms with van der Waals surface area (Å²) < 4.78 is 7.66. The molecule has 0 spiro atoms. The maximum absolute atomic E-state index is 11.1. The van der Waals surface area contributed by atoms with Gasteiger partial charge in [0.05, 0.1) is 11.8 Å². The van der Waals surface area contributed by atoms with E-state index < -0.39 is 6.10 Å². The number of hydrogen-bond donors (Lipinski definition) is 1. The van der Waals surface area contributed by atoms with Crippen LogP contribution in [0.15, 0.2) is 60.0 Å². The molecule has 1 aromatic heterocycles. The minimum Gasteiger partial charge on any atom is -0.491 e. The molecule has 0 radical (unpaired) electrons. The Morgan fingerprint density at radius 1 is 1.27 bits per heavy atom. The number of Topliss-reactive ketones (excluding diaryl/α,β-unsaturated/α-hetero) is 1. The quantitative estimate of drug-likeness (QED) is 0.451. The summed E-state index contributed by atoms with van der Waals surface area (Å²) in [6, 6.07) is 13.4. The van der Waals surface area contributed by atoms with Crippen molar-refractivity contribution in [2.45, 2.75) is 37.9 Å². The Labute approximate surface area is 186 Å². The second-order valence-electron chi connectivity index (χ2n) is 7.09. The normalized spacial score (nSPS) is 12.0. The van der Waals surface area contributed by atoms with E-state index >= 15 is 0 Å². The van der Waals surface area contributed by atoms with Gasteiger partial charge in [-0.3, -0.25) is 4.57 Å². The molecule has 7 heteroatoms. The first-order valence-electron chi connectivity index (χ1n) is 9.75. The third kappa shape index (κ3) is 6.11. The summed E-state index contributed by atoms with van der Waals surface area (Å²) in [5, 5.41) is 11.8. The maximum atomic E-state index is 11.1. The first-order valence-corrected chi connectivity index (χ1v) is 11.1. The van der Waals surface area contributed by atoms with E-state index in [0.717, 1.165) is 28.4 Å². The molecular formula is C23H25ClN2O3S. The third-order valence-electron chi connectivity index (χ3n) is 4.64. The van der Waals surface area contributed by atoms with E-state index in [9.17, 15) is 9.90 Å². The molecule has 0 aliphatic carbocycles. The van der Waals surface area contributed by atoms with Gasteiger partial charge in [-0.1, -0.05) is 41.6 Å². The number of rotatable bonds is 10. The van der Waals surface area contributed by atoms with Crippen LogP contribution in [0, 0.1) is 6.92 Å². The molecule has 1 unspecified atom stereocenters. The van der Waals surface area contributed by atoms with E-state index in [0.29, 0.717) is 22.9 Å². The molecule has 0 aliphatic heterocycles. The Morgan fingerprint density at radius 3 is 2.77 bits per heavy atom. The van der Waals surface area contributed by atoms with Gasteiger partial charge in [0.2, 0.25) is 0 Å². The van der Waals surface area contributed by atoms with E-state index in [1.807, 2.05) is 60.2 Å². The Bertz CT molecular complexity index is 988. The van der Waals surface area contributed by atoms with Crippen LogP contribution in [-0.4, -0.2) is 38.9 Å². The lowest BCUT2D eigenvalue weighted by Gasteiger charge is -2.14. The average molecular weight is 445 g/mol. The monoisotopic (exact) mass is 444 g/mol. The number of carbonyl (C=O) groups is 1. The third-order valence-corrected chi connectivity index (χ3v) is 6.16. The molecule has 3 aromatic rings.